The minimum absolute atomic E-state index is 0.222. The average Bonchev–Trinajstić information content (AvgIpc) is 3.32. The summed E-state index contributed by atoms with van der Waals surface area (Å²) < 4.78 is 0. The van der Waals surface area contributed by atoms with E-state index in [-0.39, 0.29) is 5.92 Å². The Morgan fingerprint density at radius 3 is 1.19 bits per heavy atom. The van der Waals surface area contributed by atoms with E-state index >= 15 is 0 Å². The molecule has 0 bridgehead atoms. The lowest BCUT2D eigenvalue weighted by Crippen LogP contribution is -2.01. The van der Waals surface area contributed by atoms with Crippen molar-refractivity contribution in [2.24, 2.45) is 0 Å². The number of hydrogen-bond donors (Lipinski definition) is 0. The first-order chi connectivity index (χ1) is 18.3. The van der Waals surface area contributed by atoms with Crippen LogP contribution in [0, 0.1) is 0 Å². The van der Waals surface area contributed by atoms with Crippen LogP contribution in [0.1, 0.15) is 22.6 Å². The zero-order chi connectivity index (χ0) is 24.6. The van der Waals surface area contributed by atoms with Gasteiger partial charge in [-0.15, -0.1) is 0 Å². The standard InChI is InChI=1S/C34H23N3/c1-3-11-24(12-4-1)32-35-33(25-13-5-2-6-14-25)37-34(36-32)26-21-19-23(20-22-26)31-29-17-9-7-15-27(29)28-16-8-10-18-30(28)31/h1-22,31H. The molecule has 3 heteroatoms. The van der Waals surface area contributed by atoms with Gasteiger partial charge in [-0.25, -0.2) is 15.0 Å². The molecule has 5 aromatic carbocycles. The van der Waals surface area contributed by atoms with Crippen molar-refractivity contribution in [2.45, 2.75) is 5.92 Å². The Kier molecular flexibility index (Phi) is 5.18. The van der Waals surface area contributed by atoms with Gasteiger partial charge in [0.15, 0.2) is 17.5 Å². The summed E-state index contributed by atoms with van der Waals surface area (Å²) in [5.74, 6) is 2.24. The van der Waals surface area contributed by atoms with Crippen LogP contribution in [-0.4, -0.2) is 15.0 Å². The lowest BCUT2D eigenvalue weighted by Gasteiger charge is -2.15. The first-order valence-electron chi connectivity index (χ1n) is 12.5. The molecule has 1 heterocycles. The molecule has 0 saturated carbocycles. The Hall–Kier alpha value is -4.89. The molecular formula is C34H23N3. The summed E-state index contributed by atoms with van der Waals surface area (Å²) in [7, 11) is 0. The summed E-state index contributed by atoms with van der Waals surface area (Å²) in [6, 6.07) is 46.3. The van der Waals surface area contributed by atoms with Crippen molar-refractivity contribution >= 4 is 0 Å². The lowest BCUT2D eigenvalue weighted by atomic mass is 9.89. The van der Waals surface area contributed by atoms with Crippen molar-refractivity contribution in [1.82, 2.24) is 15.0 Å². The van der Waals surface area contributed by atoms with E-state index in [1.54, 1.807) is 0 Å². The van der Waals surface area contributed by atoms with E-state index in [0.29, 0.717) is 17.5 Å². The Labute approximate surface area is 216 Å². The van der Waals surface area contributed by atoms with Crippen LogP contribution in [0.5, 0.6) is 0 Å². The SMILES string of the molecule is c1ccc(-c2nc(-c3ccccc3)nc(-c3ccc(C4c5ccccc5-c5ccccc54)cc3)n2)cc1. The summed E-state index contributed by atoms with van der Waals surface area (Å²) >= 11 is 0. The van der Waals surface area contributed by atoms with Crippen LogP contribution in [-0.2, 0) is 0 Å². The van der Waals surface area contributed by atoms with Crippen molar-refractivity contribution in [1.29, 1.82) is 0 Å². The highest BCUT2D eigenvalue weighted by Crippen LogP contribution is 2.47. The molecule has 0 saturated heterocycles. The number of hydrogen-bond acceptors (Lipinski definition) is 3. The van der Waals surface area contributed by atoms with Gasteiger partial charge < -0.3 is 0 Å². The molecule has 7 rings (SSSR count). The van der Waals surface area contributed by atoms with Crippen LogP contribution in [0.3, 0.4) is 0 Å². The summed E-state index contributed by atoms with van der Waals surface area (Å²) in [5.41, 5.74) is 9.54. The number of fused-ring (bicyclic) bond motifs is 3. The molecule has 1 aliphatic carbocycles. The van der Waals surface area contributed by atoms with Gasteiger partial charge in [0.1, 0.15) is 0 Å². The zero-order valence-electron chi connectivity index (χ0n) is 20.1. The van der Waals surface area contributed by atoms with Crippen LogP contribution >= 0.6 is 0 Å². The fourth-order valence-corrected chi connectivity index (χ4v) is 5.28. The molecule has 174 valence electrons. The van der Waals surface area contributed by atoms with Crippen molar-refractivity contribution in [2.75, 3.05) is 0 Å². The molecule has 1 aromatic heterocycles. The normalized spacial score (nSPS) is 12.2. The molecule has 0 spiro atoms. The van der Waals surface area contributed by atoms with Crippen molar-refractivity contribution in [3.63, 3.8) is 0 Å². The summed E-state index contributed by atoms with van der Waals surface area (Å²) in [6.07, 6.45) is 0. The molecule has 0 aliphatic heterocycles. The predicted octanol–water partition coefficient (Wildman–Crippen LogP) is 8.03. The maximum atomic E-state index is 4.88. The van der Waals surface area contributed by atoms with E-state index in [0.717, 1.165) is 16.7 Å². The first kappa shape index (κ1) is 21.4. The molecule has 0 unspecified atom stereocenters. The smallest absolute Gasteiger partial charge is 0.164 e. The van der Waals surface area contributed by atoms with Gasteiger partial charge in [-0.1, -0.05) is 133 Å². The maximum Gasteiger partial charge on any atom is 0.164 e. The second kappa shape index (κ2) is 8.96. The second-order valence-electron chi connectivity index (χ2n) is 9.27. The molecule has 0 atom stereocenters. The lowest BCUT2D eigenvalue weighted by molar-refractivity contribution is 1.01. The molecule has 0 amide bonds. The Morgan fingerprint density at radius 1 is 0.351 bits per heavy atom. The van der Waals surface area contributed by atoms with Crippen molar-refractivity contribution in [3.05, 3.63) is 150 Å². The highest BCUT2D eigenvalue weighted by atomic mass is 15.0. The maximum absolute atomic E-state index is 4.88. The van der Waals surface area contributed by atoms with Gasteiger partial charge in [-0.05, 0) is 27.8 Å². The van der Waals surface area contributed by atoms with Crippen molar-refractivity contribution in [3.8, 4) is 45.3 Å². The Morgan fingerprint density at radius 2 is 0.730 bits per heavy atom. The zero-order valence-corrected chi connectivity index (χ0v) is 20.1. The fraction of sp³-hybridized carbons (Fsp3) is 0.0294. The fourth-order valence-electron chi connectivity index (χ4n) is 5.28. The molecule has 0 fully saturated rings. The molecule has 6 aromatic rings. The Balaban J connectivity index is 1.32. The predicted molar refractivity (Wildman–Crippen MR) is 149 cm³/mol. The number of benzene rings is 5. The van der Waals surface area contributed by atoms with E-state index in [1.165, 1.54) is 27.8 Å². The van der Waals surface area contributed by atoms with E-state index in [1.807, 2.05) is 60.7 Å². The number of nitrogens with zero attached hydrogens (tertiary/aromatic N) is 3. The molecular weight excluding hydrogens is 450 g/mol. The topological polar surface area (TPSA) is 38.7 Å². The quantitative estimate of drug-likeness (QED) is 0.260. The van der Waals surface area contributed by atoms with Gasteiger partial charge in [0, 0.05) is 22.6 Å². The van der Waals surface area contributed by atoms with E-state index < -0.39 is 0 Å². The van der Waals surface area contributed by atoms with Crippen molar-refractivity contribution < 1.29 is 0 Å². The second-order valence-corrected chi connectivity index (χ2v) is 9.27. The average molecular weight is 474 g/mol. The third kappa shape index (κ3) is 3.82. The van der Waals surface area contributed by atoms with E-state index in [9.17, 15) is 0 Å². The van der Waals surface area contributed by atoms with Crippen LogP contribution < -0.4 is 0 Å². The van der Waals surface area contributed by atoms with Gasteiger partial charge in [0.25, 0.3) is 0 Å². The highest BCUT2D eigenvalue weighted by molar-refractivity contribution is 5.80. The van der Waals surface area contributed by atoms with Crippen LogP contribution in [0.25, 0.3) is 45.3 Å². The van der Waals surface area contributed by atoms with Gasteiger partial charge in [-0.3, -0.25) is 0 Å². The largest absolute Gasteiger partial charge is 0.208 e. The molecule has 0 N–H and O–H groups in total. The van der Waals surface area contributed by atoms with Gasteiger partial charge in [-0.2, -0.15) is 0 Å². The minimum Gasteiger partial charge on any atom is -0.208 e. The summed E-state index contributed by atoms with van der Waals surface area (Å²) in [6.45, 7) is 0. The summed E-state index contributed by atoms with van der Waals surface area (Å²) in [4.78, 5) is 14.6. The first-order valence-corrected chi connectivity index (χ1v) is 12.5. The van der Waals surface area contributed by atoms with Crippen LogP contribution in [0.4, 0.5) is 0 Å². The highest BCUT2D eigenvalue weighted by Gasteiger charge is 2.29. The summed E-state index contributed by atoms with van der Waals surface area (Å²) in [5, 5.41) is 0. The Bertz CT molecular complexity index is 1610. The number of aromatic nitrogens is 3. The molecule has 3 nitrogen and oxygen atoms in total. The third-order valence-corrected chi connectivity index (χ3v) is 7.04. The van der Waals surface area contributed by atoms with Gasteiger partial charge >= 0.3 is 0 Å². The molecule has 37 heavy (non-hydrogen) atoms. The van der Waals surface area contributed by atoms with Gasteiger partial charge in [0.05, 0.1) is 0 Å². The third-order valence-electron chi connectivity index (χ3n) is 7.04. The number of rotatable bonds is 4. The molecule has 0 radical (unpaired) electrons. The van der Waals surface area contributed by atoms with Gasteiger partial charge in [0.2, 0.25) is 0 Å². The van der Waals surface area contributed by atoms with Crippen LogP contribution in [0.15, 0.2) is 133 Å². The molecule has 1 aliphatic rings. The monoisotopic (exact) mass is 473 g/mol. The van der Waals surface area contributed by atoms with E-state index in [2.05, 4.69) is 72.8 Å². The minimum atomic E-state index is 0.222. The van der Waals surface area contributed by atoms with E-state index in [4.69, 9.17) is 15.0 Å². The van der Waals surface area contributed by atoms with Crippen LogP contribution in [0.2, 0.25) is 0 Å².